The number of carbonyl (C=O) groups is 1. The number of benzene rings is 1. The maximum Gasteiger partial charge on any atom is 0.234 e. The molecule has 1 heterocycles. The van der Waals surface area contributed by atoms with E-state index in [1.54, 1.807) is 0 Å². The summed E-state index contributed by atoms with van der Waals surface area (Å²) in [6, 6.07) is 6.36. The highest BCUT2D eigenvalue weighted by Crippen LogP contribution is 2.10. The van der Waals surface area contributed by atoms with Gasteiger partial charge in [-0.25, -0.2) is 0 Å². The maximum absolute atomic E-state index is 12.0. The fourth-order valence-corrected chi connectivity index (χ4v) is 2.67. The molecule has 3 heteroatoms. The summed E-state index contributed by atoms with van der Waals surface area (Å²) in [6.45, 7) is 7.53. The maximum atomic E-state index is 12.0. The number of hydrogen-bond acceptors (Lipinski definition) is 2. The van der Waals surface area contributed by atoms with Gasteiger partial charge in [-0.05, 0) is 56.5 Å². The van der Waals surface area contributed by atoms with E-state index in [4.69, 9.17) is 0 Å². The minimum absolute atomic E-state index is 0.144. The third-order valence-electron chi connectivity index (χ3n) is 4.13. The third kappa shape index (κ3) is 4.64. The number of nitrogens with one attached hydrogen (secondary N) is 1. The molecule has 0 aromatic heterocycles. The lowest BCUT2D eigenvalue weighted by molar-refractivity contribution is -0.122. The smallest absolute Gasteiger partial charge is 0.234 e. The minimum Gasteiger partial charge on any atom is -0.351 e. The largest absolute Gasteiger partial charge is 0.351 e. The molecule has 0 saturated carbocycles. The molecule has 0 bridgehead atoms. The predicted octanol–water partition coefficient (Wildman–Crippen LogP) is 2.80. The number of likely N-dealkylation sites (tertiary alicyclic amines) is 1. The summed E-state index contributed by atoms with van der Waals surface area (Å²) >= 11 is 0. The Morgan fingerprint density at radius 3 is 2.45 bits per heavy atom. The van der Waals surface area contributed by atoms with E-state index in [0.29, 0.717) is 13.1 Å². The predicted molar refractivity (Wildman–Crippen MR) is 82.7 cm³/mol. The van der Waals surface area contributed by atoms with Crippen LogP contribution >= 0.6 is 0 Å². The van der Waals surface area contributed by atoms with E-state index in [0.717, 1.165) is 13.1 Å². The highest BCUT2D eigenvalue weighted by Gasteiger charge is 2.12. The van der Waals surface area contributed by atoms with Crippen LogP contribution in [-0.2, 0) is 11.3 Å². The molecule has 2 rings (SSSR count). The number of nitrogens with zero attached hydrogens (tertiary/aromatic N) is 1. The highest BCUT2D eigenvalue weighted by atomic mass is 16.2. The van der Waals surface area contributed by atoms with Crippen molar-refractivity contribution < 1.29 is 4.79 Å². The Balaban J connectivity index is 1.77. The van der Waals surface area contributed by atoms with Crippen LogP contribution in [0, 0.1) is 13.8 Å². The fourth-order valence-electron chi connectivity index (χ4n) is 2.67. The molecule has 0 unspecified atom stereocenters. The van der Waals surface area contributed by atoms with E-state index >= 15 is 0 Å². The molecule has 3 nitrogen and oxygen atoms in total. The second-order valence-corrected chi connectivity index (χ2v) is 5.89. The van der Waals surface area contributed by atoms with Crippen LogP contribution in [0.15, 0.2) is 18.2 Å². The van der Waals surface area contributed by atoms with Crippen LogP contribution in [0.25, 0.3) is 0 Å². The molecule has 0 radical (unpaired) electrons. The molecule has 1 aliphatic rings. The van der Waals surface area contributed by atoms with Crippen molar-refractivity contribution >= 4 is 5.91 Å². The Bertz CT molecular complexity index is 448. The van der Waals surface area contributed by atoms with Gasteiger partial charge in [-0.15, -0.1) is 0 Å². The Hall–Kier alpha value is -1.35. The third-order valence-corrected chi connectivity index (χ3v) is 4.13. The molecule has 1 aromatic rings. The van der Waals surface area contributed by atoms with E-state index in [1.165, 1.54) is 42.4 Å². The number of aryl methyl sites for hydroxylation is 2. The van der Waals surface area contributed by atoms with Crippen molar-refractivity contribution in [1.82, 2.24) is 10.2 Å². The lowest BCUT2D eigenvalue weighted by Crippen LogP contribution is -2.37. The first-order valence-corrected chi connectivity index (χ1v) is 7.70. The molecule has 1 aromatic carbocycles. The average molecular weight is 274 g/mol. The van der Waals surface area contributed by atoms with Crippen LogP contribution in [0.3, 0.4) is 0 Å². The molecule has 1 aliphatic heterocycles. The summed E-state index contributed by atoms with van der Waals surface area (Å²) in [4.78, 5) is 14.3. The standard InChI is InChI=1S/C17H26N2O/c1-14-7-8-16(11-15(14)2)12-18-17(20)13-19-9-5-3-4-6-10-19/h7-8,11H,3-6,9-10,12-13H2,1-2H3,(H,18,20). The van der Waals surface area contributed by atoms with Crippen LogP contribution in [0.5, 0.6) is 0 Å². The quantitative estimate of drug-likeness (QED) is 0.915. The van der Waals surface area contributed by atoms with Gasteiger partial charge in [-0.3, -0.25) is 9.69 Å². The number of rotatable bonds is 4. The average Bonchev–Trinajstić information content (AvgIpc) is 2.69. The van der Waals surface area contributed by atoms with Gasteiger partial charge in [0.15, 0.2) is 0 Å². The van der Waals surface area contributed by atoms with Crippen molar-refractivity contribution in [2.45, 2.75) is 46.1 Å². The van der Waals surface area contributed by atoms with E-state index < -0.39 is 0 Å². The summed E-state index contributed by atoms with van der Waals surface area (Å²) in [7, 11) is 0. The first-order chi connectivity index (χ1) is 9.65. The molecule has 0 spiro atoms. The molecule has 110 valence electrons. The molecule has 1 amide bonds. The molecular weight excluding hydrogens is 248 g/mol. The zero-order chi connectivity index (χ0) is 14.4. The van der Waals surface area contributed by atoms with Crippen LogP contribution in [0.1, 0.15) is 42.4 Å². The van der Waals surface area contributed by atoms with Crippen molar-refractivity contribution in [2.75, 3.05) is 19.6 Å². The molecule has 0 atom stereocenters. The first kappa shape index (κ1) is 15.0. The highest BCUT2D eigenvalue weighted by molar-refractivity contribution is 5.78. The molecule has 1 fully saturated rings. The first-order valence-electron chi connectivity index (χ1n) is 7.70. The van der Waals surface area contributed by atoms with Gasteiger partial charge in [0.05, 0.1) is 6.54 Å². The van der Waals surface area contributed by atoms with Crippen LogP contribution in [0.2, 0.25) is 0 Å². The summed E-state index contributed by atoms with van der Waals surface area (Å²) < 4.78 is 0. The summed E-state index contributed by atoms with van der Waals surface area (Å²) in [6.07, 6.45) is 5.07. The Morgan fingerprint density at radius 1 is 1.10 bits per heavy atom. The topological polar surface area (TPSA) is 32.3 Å². The van der Waals surface area contributed by atoms with Crippen LogP contribution in [0.4, 0.5) is 0 Å². The normalized spacial score (nSPS) is 16.7. The summed E-state index contributed by atoms with van der Waals surface area (Å²) in [5.74, 6) is 0.144. The monoisotopic (exact) mass is 274 g/mol. The number of hydrogen-bond donors (Lipinski definition) is 1. The van der Waals surface area contributed by atoms with Gasteiger partial charge in [0, 0.05) is 6.54 Å². The van der Waals surface area contributed by atoms with Gasteiger partial charge in [0.2, 0.25) is 5.91 Å². The van der Waals surface area contributed by atoms with Gasteiger partial charge >= 0.3 is 0 Å². The molecule has 1 saturated heterocycles. The molecule has 0 aliphatic carbocycles. The minimum atomic E-state index is 0.144. The summed E-state index contributed by atoms with van der Waals surface area (Å²) in [5.41, 5.74) is 3.76. The van der Waals surface area contributed by atoms with Crippen molar-refractivity contribution in [2.24, 2.45) is 0 Å². The second-order valence-electron chi connectivity index (χ2n) is 5.89. The zero-order valence-corrected chi connectivity index (χ0v) is 12.7. The Morgan fingerprint density at radius 2 is 1.80 bits per heavy atom. The Kier molecular flexibility index (Phi) is 5.60. The zero-order valence-electron chi connectivity index (χ0n) is 12.7. The number of amides is 1. The van der Waals surface area contributed by atoms with E-state index in [9.17, 15) is 4.79 Å². The number of carbonyl (C=O) groups excluding carboxylic acids is 1. The van der Waals surface area contributed by atoms with E-state index in [-0.39, 0.29) is 5.91 Å². The van der Waals surface area contributed by atoms with Crippen molar-refractivity contribution in [3.8, 4) is 0 Å². The van der Waals surface area contributed by atoms with Crippen molar-refractivity contribution in [3.63, 3.8) is 0 Å². The van der Waals surface area contributed by atoms with Gasteiger partial charge < -0.3 is 5.32 Å². The van der Waals surface area contributed by atoms with Crippen LogP contribution < -0.4 is 5.32 Å². The lowest BCUT2D eigenvalue weighted by atomic mass is 10.1. The van der Waals surface area contributed by atoms with Crippen LogP contribution in [-0.4, -0.2) is 30.4 Å². The van der Waals surface area contributed by atoms with Crippen molar-refractivity contribution in [3.05, 3.63) is 34.9 Å². The van der Waals surface area contributed by atoms with Gasteiger partial charge in [0.25, 0.3) is 0 Å². The van der Waals surface area contributed by atoms with Gasteiger partial charge in [-0.1, -0.05) is 31.0 Å². The van der Waals surface area contributed by atoms with E-state index in [1.807, 2.05) is 0 Å². The van der Waals surface area contributed by atoms with Crippen molar-refractivity contribution in [1.29, 1.82) is 0 Å². The molecular formula is C17H26N2O. The molecule has 1 N–H and O–H groups in total. The second kappa shape index (κ2) is 7.44. The summed E-state index contributed by atoms with van der Waals surface area (Å²) in [5, 5.41) is 3.03. The SMILES string of the molecule is Cc1ccc(CNC(=O)CN2CCCCCC2)cc1C. The fraction of sp³-hybridized carbons (Fsp3) is 0.588. The lowest BCUT2D eigenvalue weighted by Gasteiger charge is -2.19. The molecule has 20 heavy (non-hydrogen) atoms. The van der Waals surface area contributed by atoms with Gasteiger partial charge in [0.1, 0.15) is 0 Å². The Labute approximate surface area is 122 Å². The van der Waals surface area contributed by atoms with Gasteiger partial charge in [-0.2, -0.15) is 0 Å². The van der Waals surface area contributed by atoms with E-state index in [2.05, 4.69) is 42.3 Å².